The smallest absolute Gasteiger partial charge is 0.133 e. The number of aliphatic imine (C=N–C) groups is 1. The quantitative estimate of drug-likeness (QED) is 0.657. The molecule has 102 valence electrons. The van der Waals surface area contributed by atoms with E-state index in [1.165, 1.54) is 0 Å². The molecule has 2 aromatic carbocycles. The maximum Gasteiger partial charge on any atom is 0.133 e. The van der Waals surface area contributed by atoms with Crippen LogP contribution in [0.5, 0.6) is 0 Å². The van der Waals surface area contributed by atoms with Crippen LogP contribution in [0.15, 0.2) is 60.1 Å². The second-order valence-corrected chi connectivity index (χ2v) is 4.55. The monoisotopic (exact) mass is 265 g/mol. The second-order valence-electron chi connectivity index (χ2n) is 4.55. The van der Waals surface area contributed by atoms with E-state index in [4.69, 9.17) is 5.73 Å². The lowest BCUT2D eigenvalue weighted by molar-refractivity contribution is 1.38. The van der Waals surface area contributed by atoms with Gasteiger partial charge in [0.1, 0.15) is 5.84 Å². The normalized spacial score (nSPS) is 11.2. The zero-order chi connectivity index (χ0) is 14.5. The minimum Gasteiger partial charge on any atom is -0.388 e. The fraction of sp³-hybridized carbons (Fsp3) is 0.118. The highest BCUT2D eigenvalue weighted by Crippen LogP contribution is 2.20. The molecule has 0 radical (unpaired) electrons. The third-order valence-corrected chi connectivity index (χ3v) is 3.18. The molecule has 2 aromatic rings. The van der Waals surface area contributed by atoms with Gasteiger partial charge in [0.05, 0.1) is 5.70 Å². The van der Waals surface area contributed by atoms with E-state index in [1.54, 1.807) is 0 Å². The Labute approximate surface area is 119 Å². The fourth-order valence-electron chi connectivity index (χ4n) is 2.09. The van der Waals surface area contributed by atoms with Crippen molar-refractivity contribution in [3.05, 3.63) is 71.8 Å². The second kappa shape index (κ2) is 6.06. The van der Waals surface area contributed by atoms with Crippen LogP contribution >= 0.6 is 0 Å². The number of nitrogens with two attached hydrogens (primary N) is 1. The van der Waals surface area contributed by atoms with Crippen LogP contribution in [0.3, 0.4) is 0 Å². The van der Waals surface area contributed by atoms with Gasteiger partial charge >= 0.3 is 0 Å². The average molecular weight is 265 g/mol. The van der Waals surface area contributed by atoms with Crippen molar-refractivity contribution in [1.29, 1.82) is 0 Å². The first-order chi connectivity index (χ1) is 9.63. The van der Waals surface area contributed by atoms with E-state index in [0.29, 0.717) is 11.5 Å². The Kier molecular flexibility index (Phi) is 4.20. The summed E-state index contributed by atoms with van der Waals surface area (Å²) in [6.45, 7) is 6.05. The molecule has 0 aliphatic rings. The van der Waals surface area contributed by atoms with Gasteiger partial charge in [-0.25, -0.2) is 4.99 Å². The molecular formula is C17H19N3. The molecule has 0 heterocycles. The number of rotatable bonds is 4. The average Bonchev–Trinajstić information content (AvgIpc) is 2.47. The molecule has 20 heavy (non-hydrogen) atoms. The van der Waals surface area contributed by atoms with Crippen LogP contribution < -0.4 is 11.1 Å². The molecule has 3 nitrogen and oxygen atoms in total. The van der Waals surface area contributed by atoms with Crippen molar-refractivity contribution in [2.24, 2.45) is 10.7 Å². The van der Waals surface area contributed by atoms with Gasteiger partial charge in [0, 0.05) is 23.9 Å². The van der Waals surface area contributed by atoms with Crippen LogP contribution in [-0.4, -0.2) is 12.9 Å². The van der Waals surface area contributed by atoms with Crippen LogP contribution in [0.2, 0.25) is 0 Å². The molecular weight excluding hydrogens is 246 g/mol. The van der Waals surface area contributed by atoms with E-state index in [0.717, 1.165) is 22.4 Å². The number of anilines is 1. The molecule has 0 fully saturated rings. The highest BCUT2D eigenvalue weighted by Gasteiger charge is 2.06. The van der Waals surface area contributed by atoms with Gasteiger partial charge in [-0.3, -0.25) is 0 Å². The molecule has 0 saturated carbocycles. The van der Waals surface area contributed by atoms with Crippen molar-refractivity contribution in [3.8, 4) is 0 Å². The zero-order valence-corrected chi connectivity index (χ0v) is 11.9. The first-order valence-electron chi connectivity index (χ1n) is 6.49. The van der Waals surface area contributed by atoms with E-state index in [2.05, 4.69) is 16.9 Å². The van der Waals surface area contributed by atoms with Crippen molar-refractivity contribution in [3.63, 3.8) is 0 Å². The maximum atomic E-state index is 6.11. The van der Waals surface area contributed by atoms with Crippen LogP contribution in [0, 0.1) is 6.92 Å². The molecule has 0 spiro atoms. The molecule has 3 N–H and O–H groups in total. The lowest BCUT2D eigenvalue weighted by Gasteiger charge is -2.10. The molecule has 0 aliphatic heterocycles. The van der Waals surface area contributed by atoms with Crippen molar-refractivity contribution in [1.82, 2.24) is 0 Å². The van der Waals surface area contributed by atoms with E-state index in [-0.39, 0.29) is 0 Å². The Morgan fingerprint density at radius 1 is 1.05 bits per heavy atom. The number of hydrogen-bond donors (Lipinski definition) is 2. The fourth-order valence-corrected chi connectivity index (χ4v) is 2.09. The molecule has 3 heteroatoms. The van der Waals surface area contributed by atoms with Crippen molar-refractivity contribution >= 4 is 17.2 Å². The molecule has 0 unspecified atom stereocenters. The summed E-state index contributed by atoms with van der Waals surface area (Å²) in [6, 6.07) is 15.8. The number of benzene rings is 2. The van der Waals surface area contributed by atoms with Gasteiger partial charge in [-0.15, -0.1) is 0 Å². The first kappa shape index (κ1) is 13.9. The van der Waals surface area contributed by atoms with Crippen LogP contribution in [0.25, 0.3) is 5.70 Å². The summed E-state index contributed by atoms with van der Waals surface area (Å²) in [4.78, 5) is 4.45. The van der Waals surface area contributed by atoms with Gasteiger partial charge in [-0.1, -0.05) is 43.0 Å². The Balaban J connectivity index is 2.35. The summed E-state index contributed by atoms with van der Waals surface area (Å²) in [6.07, 6.45) is 0. The van der Waals surface area contributed by atoms with E-state index < -0.39 is 0 Å². The summed E-state index contributed by atoms with van der Waals surface area (Å²) in [5.41, 5.74) is 10.8. The molecule has 2 rings (SSSR count). The molecule has 0 aliphatic carbocycles. The number of nitrogens with zero attached hydrogens (tertiary/aromatic N) is 1. The SMILES string of the molecule is C=C(N=C(N)c1ccccc1NC)c1ccccc1C. The maximum absolute atomic E-state index is 6.11. The summed E-state index contributed by atoms with van der Waals surface area (Å²) in [5.74, 6) is 0.461. The van der Waals surface area contributed by atoms with E-state index >= 15 is 0 Å². The van der Waals surface area contributed by atoms with E-state index in [1.807, 2.05) is 62.5 Å². The largest absolute Gasteiger partial charge is 0.388 e. The van der Waals surface area contributed by atoms with Gasteiger partial charge in [-0.2, -0.15) is 0 Å². The predicted octanol–water partition coefficient (Wildman–Crippen LogP) is 3.41. The Morgan fingerprint density at radius 3 is 2.30 bits per heavy atom. The topological polar surface area (TPSA) is 50.4 Å². The van der Waals surface area contributed by atoms with Gasteiger partial charge < -0.3 is 11.1 Å². The summed E-state index contributed by atoms with van der Waals surface area (Å²) < 4.78 is 0. The van der Waals surface area contributed by atoms with Crippen LogP contribution in [-0.2, 0) is 0 Å². The van der Waals surface area contributed by atoms with Gasteiger partial charge in [-0.05, 0) is 24.6 Å². The lowest BCUT2D eigenvalue weighted by Crippen LogP contribution is -2.15. The Morgan fingerprint density at radius 2 is 1.65 bits per heavy atom. The lowest BCUT2D eigenvalue weighted by atomic mass is 10.1. The highest BCUT2D eigenvalue weighted by molar-refractivity contribution is 6.04. The van der Waals surface area contributed by atoms with Crippen LogP contribution in [0.1, 0.15) is 16.7 Å². The zero-order valence-electron chi connectivity index (χ0n) is 11.9. The minimum absolute atomic E-state index is 0.461. The Bertz CT molecular complexity index is 657. The number of para-hydroxylation sites is 1. The van der Waals surface area contributed by atoms with Crippen molar-refractivity contribution < 1.29 is 0 Å². The molecule has 0 amide bonds. The summed E-state index contributed by atoms with van der Waals surface area (Å²) >= 11 is 0. The van der Waals surface area contributed by atoms with Gasteiger partial charge in [0.15, 0.2) is 0 Å². The molecule has 0 aromatic heterocycles. The summed E-state index contributed by atoms with van der Waals surface area (Å²) in [5, 5.41) is 3.11. The number of amidine groups is 1. The predicted molar refractivity (Wildman–Crippen MR) is 86.9 cm³/mol. The van der Waals surface area contributed by atoms with Gasteiger partial charge in [0.25, 0.3) is 0 Å². The highest BCUT2D eigenvalue weighted by atomic mass is 14.9. The van der Waals surface area contributed by atoms with Crippen molar-refractivity contribution in [2.75, 3.05) is 12.4 Å². The van der Waals surface area contributed by atoms with Gasteiger partial charge in [0.2, 0.25) is 0 Å². The third-order valence-electron chi connectivity index (χ3n) is 3.18. The molecule has 0 atom stereocenters. The number of aryl methyl sites for hydroxylation is 1. The Hall–Kier alpha value is -2.55. The van der Waals surface area contributed by atoms with Crippen LogP contribution in [0.4, 0.5) is 5.69 Å². The third kappa shape index (κ3) is 2.88. The van der Waals surface area contributed by atoms with E-state index in [9.17, 15) is 0 Å². The molecule has 0 saturated heterocycles. The standard InChI is InChI=1S/C17H19N3/c1-12-8-4-5-9-14(12)13(2)20-17(18)15-10-6-7-11-16(15)19-3/h4-11,19H,2H2,1,3H3,(H2,18,20). The van der Waals surface area contributed by atoms with Crippen molar-refractivity contribution in [2.45, 2.75) is 6.92 Å². The first-order valence-corrected chi connectivity index (χ1v) is 6.49. The molecule has 0 bridgehead atoms. The number of hydrogen-bond acceptors (Lipinski definition) is 2. The minimum atomic E-state index is 0.461. The number of nitrogens with one attached hydrogen (secondary N) is 1. The summed E-state index contributed by atoms with van der Waals surface area (Å²) in [7, 11) is 1.86.